The SMILES string of the molecule is CC(SCCCCCCC(F)F)C(=O)OC(C)(C)C. The summed E-state index contributed by atoms with van der Waals surface area (Å²) >= 11 is 1.57. The van der Waals surface area contributed by atoms with Crippen molar-refractivity contribution in [3.63, 3.8) is 0 Å². The van der Waals surface area contributed by atoms with Crippen LogP contribution in [0.1, 0.15) is 59.8 Å². The van der Waals surface area contributed by atoms with Crippen LogP contribution in [-0.4, -0.2) is 29.0 Å². The van der Waals surface area contributed by atoms with Crippen LogP contribution in [0, 0.1) is 0 Å². The van der Waals surface area contributed by atoms with E-state index in [9.17, 15) is 13.6 Å². The van der Waals surface area contributed by atoms with Gasteiger partial charge >= 0.3 is 5.97 Å². The molecule has 0 radical (unpaired) electrons. The first-order valence-corrected chi connectivity index (χ1v) is 7.90. The summed E-state index contributed by atoms with van der Waals surface area (Å²) in [6.07, 6.45) is 1.15. The monoisotopic (exact) mass is 296 g/mol. The lowest BCUT2D eigenvalue weighted by Gasteiger charge is -2.22. The van der Waals surface area contributed by atoms with Gasteiger partial charge in [0, 0.05) is 6.42 Å². The lowest BCUT2D eigenvalue weighted by molar-refractivity contribution is -0.153. The minimum atomic E-state index is -2.18. The maximum Gasteiger partial charge on any atom is 0.319 e. The van der Waals surface area contributed by atoms with Gasteiger partial charge in [-0.05, 0) is 46.3 Å². The largest absolute Gasteiger partial charge is 0.459 e. The highest BCUT2D eigenvalue weighted by atomic mass is 32.2. The molecular weight excluding hydrogens is 270 g/mol. The van der Waals surface area contributed by atoms with Crippen LogP contribution in [0.2, 0.25) is 0 Å². The molecule has 0 fully saturated rings. The second kappa shape index (κ2) is 9.56. The van der Waals surface area contributed by atoms with Gasteiger partial charge in [-0.25, -0.2) is 8.78 Å². The molecule has 5 heteroatoms. The van der Waals surface area contributed by atoms with Crippen molar-refractivity contribution in [2.45, 2.75) is 77.1 Å². The summed E-state index contributed by atoms with van der Waals surface area (Å²) in [5, 5.41) is -0.166. The molecule has 2 nitrogen and oxygen atoms in total. The van der Waals surface area contributed by atoms with Crippen LogP contribution in [0.4, 0.5) is 8.78 Å². The second-order valence-electron chi connectivity index (χ2n) is 5.64. The molecule has 19 heavy (non-hydrogen) atoms. The number of carbonyl (C=O) groups is 1. The molecule has 0 aromatic rings. The van der Waals surface area contributed by atoms with Gasteiger partial charge in [0.2, 0.25) is 6.43 Å². The summed E-state index contributed by atoms with van der Waals surface area (Å²) in [6, 6.07) is 0. The van der Waals surface area contributed by atoms with Crippen molar-refractivity contribution in [2.24, 2.45) is 0 Å². The van der Waals surface area contributed by atoms with Crippen LogP contribution < -0.4 is 0 Å². The summed E-state index contributed by atoms with van der Waals surface area (Å²) in [5.74, 6) is 0.685. The normalized spacial score (nSPS) is 13.6. The van der Waals surface area contributed by atoms with Gasteiger partial charge in [0.1, 0.15) is 5.60 Å². The van der Waals surface area contributed by atoms with Gasteiger partial charge in [0.25, 0.3) is 0 Å². The fraction of sp³-hybridized carbons (Fsp3) is 0.929. The molecule has 0 N–H and O–H groups in total. The smallest absolute Gasteiger partial charge is 0.319 e. The van der Waals surface area contributed by atoms with Crippen molar-refractivity contribution in [1.82, 2.24) is 0 Å². The van der Waals surface area contributed by atoms with E-state index in [0.717, 1.165) is 25.0 Å². The number of esters is 1. The van der Waals surface area contributed by atoms with E-state index in [-0.39, 0.29) is 17.6 Å². The average Bonchev–Trinajstić information content (AvgIpc) is 2.24. The molecule has 0 saturated carbocycles. The topological polar surface area (TPSA) is 26.3 Å². The highest BCUT2D eigenvalue weighted by Crippen LogP contribution is 2.18. The van der Waals surface area contributed by atoms with Crippen LogP contribution >= 0.6 is 11.8 Å². The molecular formula is C14H26F2O2S. The molecule has 0 heterocycles. The van der Waals surface area contributed by atoms with Crippen LogP contribution in [0.3, 0.4) is 0 Å². The van der Waals surface area contributed by atoms with E-state index >= 15 is 0 Å². The Hall–Kier alpha value is -0.320. The Morgan fingerprint density at radius 2 is 1.74 bits per heavy atom. The predicted octanol–water partition coefficient (Wildman–Crippen LogP) is 4.67. The Bertz CT molecular complexity index is 252. The number of unbranched alkanes of at least 4 members (excludes halogenated alkanes) is 3. The van der Waals surface area contributed by atoms with E-state index in [1.54, 1.807) is 11.8 Å². The van der Waals surface area contributed by atoms with E-state index in [1.165, 1.54) is 0 Å². The first-order valence-electron chi connectivity index (χ1n) is 6.85. The highest BCUT2D eigenvalue weighted by molar-refractivity contribution is 8.00. The van der Waals surface area contributed by atoms with Crippen molar-refractivity contribution < 1.29 is 18.3 Å². The number of hydrogen-bond donors (Lipinski definition) is 0. The molecule has 0 aliphatic rings. The Kier molecular flexibility index (Phi) is 9.40. The van der Waals surface area contributed by atoms with E-state index < -0.39 is 12.0 Å². The molecule has 0 aromatic heterocycles. The third-order valence-electron chi connectivity index (χ3n) is 2.42. The van der Waals surface area contributed by atoms with Crippen molar-refractivity contribution in [3.8, 4) is 0 Å². The lowest BCUT2D eigenvalue weighted by Crippen LogP contribution is -2.29. The van der Waals surface area contributed by atoms with Crippen molar-refractivity contribution in [2.75, 3.05) is 5.75 Å². The predicted molar refractivity (Wildman–Crippen MR) is 76.9 cm³/mol. The Morgan fingerprint density at radius 1 is 1.16 bits per heavy atom. The molecule has 0 spiro atoms. The molecule has 0 bridgehead atoms. The molecule has 0 aliphatic carbocycles. The van der Waals surface area contributed by atoms with Gasteiger partial charge in [-0.15, -0.1) is 11.8 Å². The first kappa shape index (κ1) is 18.7. The molecule has 0 aromatic carbocycles. The number of carbonyl (C=O) groups excluding carboxylic acids is 1. The number of rotatable bonds is 9. The fourth-order valence-corrected chi connectivity index (χ4v) is 2.38. The summed E-state index contributed by atoms with van der Waals surface area (Å²) in [7, 11) is 0. The van der Waals surface area contributed by atoms with Gasteiger partial charge in [-0.2, -0.15) is 0 Å². The van der Waals surface area contributed by atoms with E-state index in [0.29, 0.717) is 6.42 Å². The Labute approximate surface area is 119 Å². The molecule has 1 unspecified atom stereocenters. The zero-order valence-corrected chi connectivity index (χ0v) is 13.2. The van der Waals surface area contributed by atoms with E-state index in [2.05, 4.69) is 0 Å². The second-order valence-corrected chi connectivity index (χ2v) is 7.09. The Balaban J connectivity index is 3.53. The minimum absolute atomic E-state index is 0.00144. The molecule has 0 rings (SSSR count). The molecule has 0 aliphatic heterocycles. The van der Waals surface area contributed by atoms with Crippen molar-refractivity contribution in [3.05, 3.63) is 0 Å². The van der Waals surface area contributed by atoms with Crippen LogP contribution in [-0.2, 0) is 9.53 Å². The maximum absolute atomic E-state index is 11.9. The number of ether oxygens (including phenoxy) is 1. The zero-order chi connectivity index (χ0) is 14.9. The van der Waals surface area contributed by atoms with Gasteiger partial charge in [0.05, 0.1) is 5.25 Å². The van der Waals surface area contributed by atoms with E-state index in [4.69, 9.17) is 4.74 Å². The molecule has 1 atom stereocenters. The number of halogens is 2. The third kappa shape index (κ3) is 12.5. The van der Waals surface area contributed by atoms with Crippen LogP contribution in [0.15, 0.2) is 0 Å². The first-order chi connectivity index (χ1) is 8.72. The third-order valence-corrected chi connectivity index (χ3v) is 3.64. The standard InChI is InChI=1S/C14H26F2O2S/c1-11(13(17)18-14(2,3)4)19-10-8-6-5-7-9-12(15)16/h11-12H,5-10H2,1-4H3. The summed E-state index contributed by atoms with van der Waals surface area (Å²) in [4.78, 5) is 11.7. The lowest BCUT2D eigenvalue weighted by atomic mass is 10.2. The van der Waals surface area contributed by atoms with Crippen molar-refractivity contribution in [1.29, 1.82) is 0 Å². The quantitative estimate of drug-likeness (QED) is 0.457. The Morgan fingerprint density at radius 3 is 2.26 bits per heavy atom. The van der Waals surface area contributed by atoms with Crippen molar-refractivity contribution >= 4 is 17.7 Å². The molecule has 0 amide bonds. The van der Waals surface area contributed by atoms with Gasteiger partial charge in [-0.1, -0.05) is 12.8 Å². The summed E-state index contributed by atoms with van der Waals surface area (Å²) < 4.78 is 29.0. The van der Waals surface area contributed by atoms with E-state index in [1.807, 2.05) is 27.7 Å². The molecule has 114 valence electrons. The van der Waals surface area contributed by atoms with Gasteiger partial charge < -0.3 is 4.74 Å². The average molecular weight is 296 g/mol. The molecule has 0 saturated heterocycles. The van der Waals surface area contributed by atoms with Gasteiger partial charge in [0.15, 0.2) is 0 Å². The van der Waals surface area contributed by atoms with Gasteiger partial charge in [-0.3, -0.25) is 4.79 Å². The summed E-state index contributed by atoms with van der Waals surface area (Å²) in [5.41, 5.74) is -0.443. The minimum Gasteiger partial charge on any atom is -0.459 e. The number of thioether (sulfide) groups is 1. The van der Waals surface area contributed by atoms with Crippen LogP contribution in [0.5, 0.6) is 0 Å². The highest BCUT2D eigenvalue weighted by Gasteiger charge is 2.21. The number of hydrogen-bond acceptors (Lipinski definition) is 3. The van der Waals surface area contributed by atoms with Crippen LogP contribution in [0.25, 0.3) is 0 Å². The summed E-state index contributed by atoms with van der Waals surface area (Å²) in [6.45, 7) is 7.40. The fourth-order valence-electron chi connectivity index (χ4n) is 1.47. The maximum atomic E-state index is 11.9. The number of alkyl halides is 2. The zero-order valence-electron chi connectivity index (χ0n) is 12.4.